The highest BCUT2D eigenvalue weighted by Crippen LogP contribution is 2.27. The van der Waals surface area contributed by atoms with Gasteiger partial charge in [0.25, 0.3) is 5.91 Å². The lowest BCUT2D eigenvalue weighted by molar-refractivity contribution is 0.102. The molecule has 4 nitrogen and oxygen atoms in total. The molecule has 0 saturated heterocycles. The van der Waals surface area contributed by atoms with E-state index in [1.54, 1.807) is 18.2 Å². The zero-order chi connectivity index (χ0) is 14.7. The van der Waals surface area contributed by atoms with E-state index in [2.05, 4.69) is 5.32 Å². The van der Waals surface area contributed by atoms with E-state index < -0.39 is 11.7 Å². The molecule has 0 radical (unpaired) electrons. The largest absolute Gasteiger partial charge is 0.495 e. The van der Waals surface area contributed by atoms with Gasteiger partial charge in [-0.3, -0.25) is 4.79 Å². The average molecular weight is 295 g/mol. The molecular formula is C14H12ClFN2O2. The van der Waals surface area contributed by atoms with Gasteiger partial charge in [0, 0.05) is 16.9 Å². The van der Waals surface area contributed by atoms with Crippen molar-refractivity contribution in [3.63, 3.8) is 0 Å². The molecule has 0 saturated carbocycles. The second kappa shape index (κ2) is 5.79. The first-order valence-electron chi connectivity index (χ1n) is 5.70. The maximum atomic E-state index is 13.2. The van der Waals surface area contributed by atoms with Crippen LogP contribution in [0.5, 0.6) is 5.75 Å². The summed E-state index contributed by atoms with van der Waals surface area (Å²) in [5.41, 5.74) is 6.29. The number of halogens is 2. The maximum Gasteiger partial charge on any atom is 0.255 e. The van der Waals surface area contributed by atoms with Crippen LogP contribution in [0, 0.1) is 5.82 Å². The molecule has 2 aromatic rings. The van der Waals surface area contributed by atoms with Crippen LogP contribution in [0.4, 0.5) is 15.8 Å². The van der Waals surface area contributed by atoms with Gasteiger partial charge >= 0.3 is 0 Å². The molecule has 0 atom stereocenters. The molecule has 2 aromatic carbocycles. The van der Waals surface area contributed by atoms with Gasteiger partial charge in [-0.25, -0.2) is 4.39 Å². The molecule has 0 fully saturated rings. The number of anilines is 2. The Kier molecular flexibility index (Phi) is 4.10. The number of carbonyl (C=O) groups excluding carboxylic acids is 1. The first-order valence-corrected chi connectivity index (χ1v) is 6.08. The first kappa shape index (κ1) is 14.1. The molecule has 0 aliphatic heterocycles. The smallest absolute Gasteiger partial charge is 0.255 e. The lowest BCUT2D eigenvalue weighted by Gasteiger charge is -2.08. The number of benzene rings is 2. The molecule has 1 amide bonds. The van der Waals surface area contributed by atoms with Crippen molar-refractivity contribution in [3.8, 4) is 5.75 Å². The average Bonchev–Trinajstić information content (AvgIpc) is 2.37. The van der Waals surface area contributed by atoms with Gasteiger partial charge in [-0.05, 0) is 36.4 Å². The number of rotatable bonds is 3. The van der Waals surface area contributed by atoms with Crippen LogP contribution < -0.4 is 15.8 Å². The van der Waals surface area contributed by atoms with Crippen LogP contribution in [0.15, 0.2) is 36.4 Å². The quantitative estimate of drug-likeness (QED) is 0.854. The summed E-state index contributed by atoms with van der Waals surface area (Å²) in [6.45, 7) is 0. The summed E-state index contributed by atoms with van der Waals surface area (Å²) >= 11 is 5.95. The molecule has 0 aliphatic rings. The van der Waals surface area contributed by atoms with Gasteiger partial charge in [0.05, 0.1) is 12.1 Å². The summed E-state index contributed by atoms with van der Waals surface area (Å²) in [5, 5.41) is 2.97. The number of nitrogens with one attached hydrogen (secondary N) is 1. The van der Waals surface area contributed by atoms with Crippen molar-refractivity contribution in [3.05, 3.63) is 52.8 Å². The number of methoxy groups -OCH3 is 1. The molecule has 20 heavy (non-hydrogen) atoms. The Balaban J connectivity index is 2.21. The minimum atomic E-state index is -0.567. The van der Waals surface area contributed by atoms with Crippen molar-refractivity contribution in [2.45, 2.75) is 0 Å². The van der Waals surface area contributed by atoms with Crippen LogP contribution >= 0.6 is 11.6 Å². The second-order valence-electron chi connectivity index (χ2n) is 4.08. The lowest BCUT2D eigenvalue weighted by atomic mass is 10.1. The van der Waals surface area contributed by atoms with E-state index in [4.69, 9.17) is 22.1 Å². The van der Waals surface area contributed by atoms with E-state index in [0.717, 1.165) is 12.1 Å². The summed E-state index contributed by atoms with van der Waals surface area (Å²) in [7, 11) is 1.50. The number of amides is 1. The molecule has 0 heterocycles. The number of nitrogens with two attached hydrogens (primary N) is 1. The predicted octanol–water partition coefficient (Wildman–Crippen LogP) is 3.32. The summed E-state index contributed by atoms with van der Waals surface area (Å²) in [5.74, 6) is -0.542. The Morgan fingerprint density at radius 3 is 2.65 bits per heavy atom. The van der Waals surface area contributed by atoms with Crippen LogP contribution in [0.25, 0.3) is 0 Å². The van der Waals surface area contributed by atoms with Gasteiger partial charge < -0.3 is 15.8 Å². The normalized spacial score (nSPS) is 10.2. The number of ether oxygens (including phenoxy) is 1. The molecule has 0 aromatic heterocycles. The minimum Gasteiger partial charge on any atom is -0.495 e. The van der Waals surface area contributed by atoms with E-state index in [9.17, 15) is 9.18 Å². The summed E-state index contributed by atoms with van der Waals surface area (Å²) in [4.78, 5) is 12.0. The second-order valence-corrected chi connectivity index (χ2v) is 4.48. The van der Waals surface area contributed by atoms with Gasteiger partial charge in [-0.2, -0.15) is 0 Å². The Morgan fingerprint density at radius 1 is 1.30 bits per heavy atom. The SMILES string of the molecule is COc1ccc(NC(=O)c2cc(N)cc(F)c2)cc1Cl. The molecule has 3 N–H and O–H groups in total. The monoisotopic (exact) mass is 294 g/mol. The van der Waals surface area contributed by atoms with Crippen molar-refractivity contribution in [2.24, 2.45) is 0 Å². The van der Waals surface area contributed by atoms with Crippen LogP contribution in [0.1, 0.15) is 10.4 Å². The Bertz CT molecular complexity index is 641. The lowest BCUT2D eigenvalue weighted by Crippen LogP contribution is -2.12. The van der Waals surface area contributed by atoms with Gasteiger partial charge in [0.15, 0.2) is 0 Å². The molecular weight excluding hydrogens is 283 g/mol. The Labute approximate surface area is 120 Å². The number of carbonyl (C=O) groups is 1. The van der Waals surface area contributed by atoms with Crippen molar-refractivity contribution in [1.82, 2.24) is 0 Å². The summed E-state index contributed by atoms with van der Waals surface area (Å²) in [6, 6.07) is 8.44. The first-order chi connectivity index (χ1) is 9.49. The topological polar surface area (TPSA) is 64.3 Å². The van der Waals surface area contributed by atoms with Gasteiger partial charge in [0.2, 0.25) is 0 Å². The minimum absolute atomic E-state index is 0.134. The van der Waals surface area contributed by atoms with Crippen molar-refractivity contribution >= 4 is 28.9 Å². The van der Waals surface area contributed by atoms with Crippen LogP contribution in [0.3, 0.4) is 0 Å². The Hall–Kier alpha value is -2.27. The van der Waals surface area contributed by atoms with Crippen LogP contribution in [-0.2, 0) is 0 Å². The number of hydrogen-bond donors (Lipinski definition) is 2. The van der Waals surface area contributed by atoms with E-state index in [1.165, 1.54) is 13.2 Å². The van der Waals surface area contributed by atoms with Crippen LogP contribution in [0.2, 0.25) is 5.02 Å². The van der Waals surface area contributed by atoms with Gasteiger partial charge in [-0.1, -0.05) is 11.6 Å². The third kappa shape index (κ3) is 3.19. The fourth-order valence-corrected chi connectivity index (χ4v) is 1.95. The third-order valence-electron chi connectivity index (χ3n) is 2.59. The van der Waals surface area contributed by atoms with Crippen molar-refractivity contribution in [2.75, 3.05) is 18.2 Å². The molecule has 6 heteroatoms. The fourth-order valence-electron chi connectivity index (χ4n) is 1.69. The van der Waals surface area contributed by atoms with Gasteiger partial charge in [-0.15, -0.1) is 0 Å². The predicted molar refractivity (Wildman–Crippen MR) is 76.8 cm³/mol. The summed E-state index contributed by atoms with van der Waals surface area (Å²) < 4.78 is 18.2. The van der Waals surface area contributed by atoms with E-state index in [0.29, 0.717) is 16.5 Å². The number of hydrogen-bond acceptors (Lipinski definition) is 3. The van der Waals surface area contributed by atoms with Crippen LogP contribution in [-0.4, -0.2) is 13.0 Å². The Morgan fingerprint density at radius 2 is 2.05 bits per heavy atom. The molecule has 0 unspecified atom stereocenters. The highest BCUT2D eigenvalue weighted by atomic mass is 35.5. The summed E-state index contributed by atoms with van der Waals surface area (Å²) in [6.07, 6.45) is 0. The molecule has 2 rings (SSSR count). The van der Waals surface area contributed by atoms with E-state index in [-0.39, 0.29) is 11.3 Å². The fraction of sp³-hybridized carbons (Fsp3) is 0.0714. The van der Waals surface area contributed by atoms with Crippen molar-refractivity contribution < 1.29 is 13.9 Å². The molecule has 104 valence electrons. The molecule has 0 spiro atoms. The zero-order valence-corrected chi connectivity index (χ0v) is 11.4. The highest BCUT2D eigenvalue weighted by molar-refractivity contribution is 6.32. The zero-order valence-electron chi connectivity index (χ0n) is 10.6. The third-order valence-corrected chi connectivity index (χ3v) is 2.89. The standard InChI is InChI=1S/C14H12ClFN2O2/c1-20-13-3-2-11(7-12(13)15)18-14(19)8-4-9(16)6-10(17)5-8/h2-7H,17H2,1H3,(H,18,19). The van der Waals surface area contributed by atoms with E-state index in [1.807, 2.05) is 0 Å². The maximum absolute atomic E-state index is 13.2. The van der Waals surface area contributed by atoms with Gasteiger partial charge in [0.1, 0.15) is 11.6 Å². The molecule has 0 aliphatic carbocycles. The highest BCUT2D eigenvalue weighted by Gasteiger charge is 2.10. The number of nitrogen functional groups attached to an aromatic ring is 1. The van der Waals surface area contributed by atoms with Crippen molar-refractivity contribution in [1.29, 1.82) is 0 Å². The molecule has 0 bridgehead atoms. The van der Waals surface area contributed by atoms with E-state index >= 15 is 0 Å².